The van der Waals surface area contributed by atoms with Crippen molar-refractivity contribution in [2.24, 2.45) is 5.10 Å². The molecule has 0 radical (unpaired) electrons. The molecule has 1 aromatic carbocycles. The van der Waals surface area contributed by atoms with Crippen molar-refractivity contribution in [3.05, 3.63) is 41.6 Å². The Morgan fingerprint density at radius 3 is 2.65 bits per heavy atom. The first-order chi connectivity index (χ1) is 9.79. The third-order valence-corrected chi connectivity index (χ3v) is 5.05. The van der Waals surface area contributed by atoms with E-state index in [9.17, 15) is 0 Å². The number of hydrogen-bond donors (Lipinski definition) is 1. The molecule has 20 heavy (non-hydrogen) atoms. The van der Waals surface area contributed by atoms with E-state index in [1.54, 1.807) is 0 Å². The Hall–Kier alpha value is -1.62. The van der Waals surface area contributed by atoms with E-state index < -0.39 is 0 Å². The van der Waals surface area contributed by atoms with Crippen LogP contribution in [-0.2, 0) is 0 Å². The molecule has 0 spiro atoms. The maximum atomic E-state index is 4.73. The highest BCUT2D eigenvalue weighted by Gasteiger charge is 2.34. The number of likely N-dealkylation sites (tertiary alicyclic amines) is 1. The van der Waals surface area contributed by atoms with E-state index in [1.165, 1.54) is 29.1 Å². The van der Waals surface area contributed by atoms with Crippen LogP contribution in [0.1, 0.15) is 24.0 Å². The lowest BCUT2D eigenvalue weighted by Gasteiger charge is -2.16. The number of amidine groups is 1. The normalized spacial score (nSPS) is 24.6. The van der Waals surface area contributed by atoms with E-state index >= 15 is 0 Å². The fourth-order valence-electron chi connectivity index (χ4n) is 2.76. The van der Waals surface area contributed by atoms with Crippen LogP contribution in [-0.4, -0.2) is 33.7 Å². The molecule has 0 aromatic heterocycles. The maximum Gasteiger partial charge on any atom is 0.187 e. The van der Waals surface area contributed by atoms with Crippen molar-refractivity contribution in [1.29, 1.82) is 0 Å². The Balaban J connectivity index is 1.53. The summed E-state index contributed by atoms with van der Waals surface area (Å²) in [6.07, 6.45) is 4.70. The molecule has 0 unspecified atom stereocenters. The van der Waals surface area contributed by atoms with Gasteiger partial charge in [-0.3, -0.25) is 0 Å². The molecule has 0 amide bonds. The quantitative estimate of drug-likeness (QED) is 0.860. The summed E-state index contributed by atoms with van der Waals surface area (Å²) in [7, 11) is 0. The Bertz CT molecular complexity index is 572. The molecule has 1 N–H and O–H groups in total. The van der Waals surface area contributed by atoms with E-state index in [0.29, 0.717) is 0 Å². The molecule has 104 valence electrons. The fraction of sp³-hybridized carbons (Fsp3) is 0.400. The van der Waals surface area contributed by atoms with Gasteiger partial charge < -0.3 is 10.2 Å². The first-order valence-electron chi connectivity index (χ1n) is 7.13. The van der Waals surface area contributed by atoms with Crippen molar-refractivity contribution in [2.75, 3.05) is 13.1 Å². The highest BCUT2D eigenvalue weighted by molar-refractivity contribution is 8.14. The molecule has 1 atom stereocenters. The minimum atomic E-state index is 0.224. The highest BCUT2D eigenvalue weighted by Crippen LogP contribution is 2.34. The molecule has 3 aliphatic rings. The zero-order valence-electron chi connectivity index (χ0n) is 11.5. The number of nitrogens with one attached hydrogen (secondary N) is 1. The molecular weight excluding hydrogens is 268 g/mol. The van der Waals surface area contributed by atoms with Crippen molar-refractivity contribution < 1.29 is 0 Å². The summed E-state index contributed by atoms with van der Waals surface area (Å²) < 4.78 is 0. The van der Waals surface area contributed by atoms with E-state index in [4.69, 9.17) is 5.10 Å². The highest BCUT2D eigenvalue weighted by atomic mass is 32.2. The number of hydrogen-bond acceptors (Lipinski definition) is 5. The van der Waals surface area contributed by atoms with Gasteiger partial charge in [0.2, 0.25) is 0 Å². The Labute approximate surface area is 123 Å². The average molecular weight is 286 g/mol. The van der Waals surface area contributed by atoms with Gasteiger partial charge in [-0.05, 0) is 37.1 Å². The monoisotopic (exact) mass is 286 g/mol. The lowest BCUT2D eigenvalue weighted by molar-refractivity contribution is 0.387. The first-order valence-corrected chi connectivity index (χ1v) is 8.01. The SMILES string of the molecule is Cc1ccc(C2=CN3N=C(N4CCCC4)S[C@H]3N2)cc1. The second-order valence-electron chi connectivity index (χ2n) is 5.48. The summed E-state index contributed by atoms with van der Waals surface area (Å²) in [5.74, 6) is 0. The molecule has 1 fully saturated rings. The number of aryl methyl sites for hydroxylation is 1. The van der Waals surface area contributed by atoms with Gasteiger partial charge in [-0.1, -0.05) is 29.8 Å². The number of benzene rings is 1. The van der Waals surface area contributed by atoms with Crippen LogP contribution in [0.4, 0.5) is 0 Å². The van der Waals surface area contributed by atoms with Gasteiger partial charge in [-0.2, -0.15) is 0 Å². The average Bonchev–Trinajstić information content (AvgIpc) is 3.14. The summed E-state index contributed by atoms with van der Waals surface area (Å²) in [5.41, 5.74) is 3.90. The standard InChI is InChI=1S/C15H18N4S/c1-11-4-6-12(7-5-11)13-10-19-14(16-13)20-15(17-19)18-8-2-3-9-18/h4-7,10,14,16H,2-3,8-9H2,1H3/t14-/m0/s1. The van der Waals surface area contributed by atoms with Crippen molar-refractivity contribution >= 4 is 22.6 Å². The van der Waals surface area contributed by atoms with Crippen LogP contribution in [0.3, 0.4) is 0 Å². The van der Waals surface area contributed by atoms with Gasteiger partial charge in [0.15, 0.2) is 10.7 Å². The molecule has 3 aliphatic heterocycles. The van der Waals surface area contributed by atoms with Gasteiger partial charge in [0.25, 0.3) is 0 Å². The number of thioether (sulfide) groups is 1. The predicted octanol–water partition coefficient (Wildman–Crippen LogP) is 2.60. The smallest absolute Gasteiger partial charge is 0.187 e. The van der Waals surface area contributed by atoms with E-state index in [0.717, 1.165) is 18.8 Å². The Morgan fingerprint density at radius 1 is 1.20 bits per heavy atom. The number of rotatable bonds is 1. The first kappa shape index (κ1) is 12.1. The summed E-state index contributed by atoms with van der Waals surface area (Å²) in [6.45, 7) is 4.42. The molecule has 1 aromatic rings. The fourth-order valence-corrected chi connectivity index (χ4v) is 3.84. The molecule has 3 heterocycles. The minimum Gasteiger partial charge on any atom is -0.353 e. The third kappa shape index (κ3) is 2.06. The van der Waals surface area contributed by atoms with Gasteiger partial charge in [0, 0.05) is 13.1 Å². The van der Waals surface area contributed by atoms with E-state index in [1.807, 2.05) is 16.8 Å². The van der Waals surface area contributed by atoms with Gasteiger partial charge in [-0.15, -0.1) is 5.10 Å². The van der Waals surface area contributed by atoms with Gasteiger partial charge in [0.05, 0.1) is 11.9 Å². The Morgan fingerprint density at radius 2 is 1.95 bits per heavy atom. The zero-order valence-corrected chi connectivity index (χ0v) is 12.4. The van der Waals surface area contributed by atoms with Crippen molar-refractivity contribution in [3.8, 4) is 0 Å². The van der Waals surface area contributed by atoms with Crippen LogP contribution < -0.4 is 5.32 Å². The molecule has 0 saturated carbocycles. The zero-order chi connectivity index (χ0) is 13.5. The summed E-state index contributed by atoms with van der Waals surface area (Å²) in [5, 5.41) is 11.5. The van der Waals surface area contributed by atoms with E-state index in [2.05, 4.69) is 47.6 Å². The lowest BCUT2D eigenvalue weighted by atomic mass is 10.1. The number of fused-ring (bicyclic) bond motifs is 1. The van der Waals surface area contributed by atoms with Gasteiger partial charge in [-0.25, -0.2) is 5.01 Å². The van der Waals surface area contributed by atoms with Crippen molar-refractivity contribution in [3.63, 3.8) is 0 Å². The van der Waals surface area contributed by atoms with E-state index in [-0.39, 0.29) is 5.50 Å². The van der Waals surface area contributed by atoms with Crippen LogP contribution in [0.15, 0.2) is 35.6 Å². The van der Waals surface area contributed by atoms with Crippen LogP contribution in [0.2, 0.25) is 0 Å². The van der Waals surface area contributed by atoms with Crippen LogP contribution in [0.25, 0.3) is 5.70 Å². The van der Waals surface area contributed by atoms with Crippen LogP contribution in [0.5, 0.6) is 0 Å². The van der Waals surface area contributed by atoms with Gasteiger partial charge >= 0.3 is 0 Å². The maximum absolute atomic E-state index is 4.73. The molecule has 5 heteroatoms. The summed E-state index contributed by atoms with van der Waals surface area (Å²) >= 11 is 1.82. The molecule has 0 bridgehead atoms. The van der Waals surface area contributed by atoms with Gasteiger partial charge in [0.1, 0.15) is 0 Å². The summed E-state index contributed by atoms with van der Waals surface area (Å²) in [6, 6.07) is 8.61. The lowest BCUT2D eigenvalue weighted by Crippen LogP contribution is -2.28. The molecule has 4 rings (SSSR count). The second kappa shape index (κ2) is 4.74. The third-order valence-electron chi connectivity index (χ3n) is 3.94. The largest absolute Gasteiger partial charge is 0.353 e. The molecule has 1 saturated heterocycles. The minimum absolute atomic E-state index is 0.224. The molecular formula is C15H18N4S. The van der Waals surface area contributed by atoms with Crippen molar-refractivity contribution in [2.45, 2.75) is 25.3 Å². The van der Waals surface area contributed by atoms with Crippen LogP contribution >= 0.6 is 11.8 Å². The second-order valence-corrected chi connectivity index (χ2v) is 6.53. The van der Waals surface area contributed by atoms with Crippen molar-refractivity contribution in [1.82, 2.24) is 15.2 Å². The molecule has 0 aliphatic carbocycles. The topological polar surface area (TPSA) is 30.9 Å². The number of nitrogens with zero attached hydrogens (tertiary/aromatic N) is 3. The summed E-state index contributed by atoms with van der Waals surface area (Å²) in [4.78, 5) is 2.39. The van der Waals surface area contributed by atoms with Crippen LogP contribution in [0, 0.1) is 6.92 Å². The predicted molar refractivity (Wildman–Crippen MR) is 83.8 cm³/mol. The Kier molecular flexibility index (Phi) is 2.88. The molecule has 4 nitrogen and oxygen atoms in total. The number of hydrazone groups is 1.